The van der Waals surface area contributed by atoms with Gasteiger partial charge in [0, 0.05) is 23.6 Å². The molecule has 30 heavy (non-hydrogen) atoms. The molecule has 5 nitrogen and oxygen atoms in total. The minimum absolute atomic E-state index is 0.00620. The predicted octanol–water partition coefficient (Wildman–Crippen LogP) is 4.78. The summed E-state index contributed by atoms with van der Waals surface area (Å²) in [6.07, 6.45) is 0.185. The van der Waals surface area contributed by atoms with Crippen molar-refractivity contribution in [3.05, 3.63) is 70.8 Å². The Morgan fingerprint density at radius 3 is 2.53 bits per heavy atom. The van der Waals surface area contributed by atoms with E-state index in [9.17, 15) is 13.6 Å². The number of hydrogen-bond donors (Lipinski definition) is 1. The maximum atomic E-state index is 14.2. The van der Waals surface area contributed by atoms with Crippen molar-refractivity contribution in [2.75, 3.05) is 6.54 Å². The molecular formula is C23H27F2N3O2. The molecule has 0 spiro atoms. The molecule has 2 aromatic carbocycles. The molecule has 7 heteroatoms. The van der Waals surface area contributed by atoms with Crippen molar-refractivity contribution in [2.24, 2.45) is 5.16 Å². The highest BCUT2D eigenvalue weighted by molar-refractivity contribution is 6.01. The Balaban J connectivity index is 1.72. The number of urea groups is 1. The molecule has 1 atom stereocenters. The molecule has 2 amide bonds. The van der Waals surface area contributed by atoms with Gasteiger partial charge in [-0.15, -0.1) is 0 Å². The fourth-order valence-corrected chi connectivity index (χ4v) is 3.16. The number of halogens is 2. The molecule has 1 aliphatic heterocycles. The van der Waals surface area contributed by atoms with Crippen LogP contribution in [0.15, 0.2) is 47.6 Å². The van der Waals surface area contributed by atoms with E-state index in [4.69, 9.17) is 4.84 Å². The molecule has 1 heterocycles. The number of hydrogen-bond acceptors (Lipinski definition) is 3. The van der Waals surface area contributed by atoms with Gasteiger partial charge in [0.2, 0.25) is 0 Å². The summed E-state index contributed by atoms with van der Waals surface area (Å²) in [6.45, 7) is 7.83. The molecule has 1 N–H and O–H groups in total. The van der Waals surface area contributed by atoms with Crippen LogP contribution < -0.4 is 5.32 Å². The van der Waals surface area contributed by atoms with E-state index >= 15 is 0 Å². The molecule has 2 aromatic rings. The number of amides is 2. The molecule has 0 aromatic heterocycles. The van der Waals surface area contributed by atoms with Crippen molar-refractivity contribution in [1.29, 1.82) is 0 Å². The summed E-state index contributed by atoms with van der Waals surface area (Å²) in [5.74, 6) is -1.34. The first-order valence-corrected chi connectivity index (χ1v) is 9.91. The summed E-state index contributed by atoms with van der Waals surface area (Å²) in [5, 5.41) is 7.07. The lowest BCUT2D eigenvalue weighted by Crippen LogP contribution is -2.50. The Hall–Kier alpha value is -2.96. The van der Waals surface area contributed by atoms with Gasteiger partial charge in [-0.3, -0.25) is 0 Å². The number of aryl methyl sites for hydroxylation is 1. The number of carbonyl (C=O) groups excluding carboxylic acids is 1. The summed E-state index contributed by atoms with van der Waals surface area (Å²) in [7, 11) is 0. The number of rotatable bonds is 5. The van der Waals surface area contributed by atoms with Gasteiger partial charge in [0.25, 0.3) is 0 Å². The normalized spacial score (nSPS) is 16.1. The van der Waals surface area contributed by atoms with Gasteiger partial charge in [-0.05, 0) is 39.3 Å². The zero-order valence-electron chi connectivity index (χ0n) is 17.7. The highest BCUT2D eigenvalue weighted by Gasteiger charge is 2.28. The van der Waals surface area contributed by atoms with Crippen LogP contribution in [0, 0.1) is 18.6 Å². The fraction of sp³-hybridized carbons (Fsp3) is 0.391. The van der Waals surface area contributed by atoms with Crippen molar-refractivity contribution in [3.8, 4) is 0 Å². The third-order valence-corrected chi connectivity index (χ3v) is 4.69. The number of carbonyl (C=O) groups is 1. The van der Waals surface area contributed by atoms with Gasteiger partial charge in [-0.25, -0.2) is 13.6 Å². The summed E-state index contributed by atoms with van der Waals surface area (Å²) < 4.78 is 27.4. The van der Waals surface area contributed by atoms with Gasteiger partial charge in [0.05, 0.1) is 18.8 Å². The molecule has 3 rings (SSSR count). The van der Waals surface area contributed by atoms with Gasteiger partial charge in [0.1, 0.15) is 11.6 Å². The van der Waals surface area contributed by atoms with Crippen molar-refractivity contribution in [3.63, 3.8) is 0 Å². The topological polar surface area (TPSA) is 53.9 Å². The van der Waals surface area contributed by atoms with E-state index in [1.165, 1.54) is 17.0 Å². The molecule has 1 unspecified atom stereocenters. The monoisotopic (exact) mass is 415 g/mol. The maximum absolute atomic E-state index is 14.2. The Morgan fingerprint density at radius 2 is 1.90 bits per heavy atom. The van der Waals surface area contributed by atoms with Crippen LogP contribution in [0.4, 0.5) is 13.6 Å². The van der Waals surface area contributed by atoms with Crippen LogP contribution in [0.5, 0.6) is 0 Å². The molecule has 0 aliphatic carbocycles. The quantitative estimate of drug-likeness (QED) is 0.764. The van der Waals surface area contributed by atoms with E-state index in [-0.39, 0.29) is 30.8 Å². The van der Waals surface area contributed by atoms with E-state index in [0.29, 0.717) is 6.42 Å². The van der Waals surface area contributed by atoms with E-state index < -0.39 is 17.2 Å². The van der Waals surface area contributed by atoms with Crippen LogP contribution in [-0.2, 0) is 11.4 Å². The van der Waals surface area contributed by atoms with Crippen LogP contribution in [-0.4, -0.2) is 34.8 Å². The summed E-state index contributed by atoms with van der Waals surface area (Å²) in [6, 6.07) is 11.0. The van der Waals surface area contributed by atoms with Crippen molar-refractivity contribution in [1.82, 2.24) is 10.2 Å². The van der Waals surface area contributed by atoms with Crippen LogP contribution in [0.1, 0.15) is 43.9 Å². The molecule has 0 fully saturated rings. The minimum Gasteiger partial charge on any atom is -0.390 e. The second-order valence-electron chi connectivity index (χ2n) is 8.63. The Morgan fingerprint density at radius 1 is 1.20 bits per heavy atom. The second kappa shape index (κ2) is 8.81. The van der Waals surface area contributed by atoms with Gasteiger partial charge in [-0.2, -0.15) is 0 Å². The highest BCUT2D eigenvalue weighted by atomic mass is 19.1. The summed E-state index contributed by atoms with van der Waals surface area (Å²) in [4.78, 5) is 19.9. The van der Waals surface area contributed by atoms with Crippen molar-refractivity contribution >= 4 is 11.7 Å². The Kier molecular flexibility index (Phi) is 6.39. The van der Waals surface area contributed by atoms with Crippen LogP contribution in [0.25, 0.3) is 0 Å². The van der Waals surface area contributed by atoms with Crippen LogP contribution in [0.2, 0.25) is 0 Å². The lowest BCUT2D eigenvalue weighted by molar-refractivity contribution is 0.0578. The average molecular weight is 415 g/mol. The molecule has 0 saturated heterocycles. The maximum Gasteiger partial charge on any atom is 0.318 e. The number of nitrogens with zero attached hydrogens (tertiary/aromatic N) is 2. The van der Waals surface area contributed by atoms with E-state index in [1.807, 2.05) is 52.0 Å². The average Bonchev–Trinajstić information content (AvgIpc) is 3.11. The predicted molar refractivity (Wildman–Crippen MR) is 112 cm³/mol. The Labute approximate surface area is 175 Å². The van der Waals surface area contributed by atoms with Crippen LogP contribution >= 0.6 is 0 Å². The first-order valence-electron chi connectivity index (χ1n) is 9.91. The number of oxime groups is 1. The minimum atomic E-state index is -0.688. The zero-order chi connectivity index (χ0) is 21.9. The first-order chi connectivity index (χ1) is 14.1. The van der Waals surface area contributed by atoms with Gasteiger partial charge in [-0.1, -0.05) is 41.1 Å². The lowest BCUT2D eigenvalue weighted by Gasteiger charge is -2.29. The molecule has 1 aliphatic rings. The largest absolute Gasteiger partial charge is 0.390 e. The summed E-state index contributed by atoms with van der Waals surface area (Å²) >= 11 is 0. The van der Waals surface area contributed by atoms with E-state index in [2.05, 4.69) is 10.5 Å². The van der Waals surface area contributed by atoms with Gasteiger partial charge >= 0.3 is 6.03 Å². The smallest absolute Gasteiger partial charge is 0.318 e. The molecular weight excluding hydrogens is 388 g/mol. The van der Waals surface area contributed by atoms with E-state index in [1.54, 1.807) is 0 Å². The third kappa shape index (κ3) is 5.78. The molecule has 0 bridgehead atoms. The fourth-order valence-electron chi connectivity index (χ4n) is 3.16. The van der Waals surface area contributed by atoms with Crippen molar-refractivity contribution in [2.45, 2.75) is 52.3 Å². The van der Waals surface area contributed by atoms with Gasteiger partial charge < -0.3 is 15.1 Å². The van der Waals surface area contributed by atoms with Crippen LogP contribution in [0.3, 0.4) is 0 Å². The lowest BCUT2D eigenvalue weighted by atomic mass is 10.0. The van der Waals surface area contributed by atoms with E-state index in [0.717, 1.165) is 22.9 Å². The molecule has 160 valence electrons. The summed E-state index contributed by atoms with van der Waals surface area (Å²) in [5.41, 5.74) is 2.71. The Bertz CT molecular complexity index is 936. The zero-order valence-corrected chi connectivity index (χ0v) is 17.7. The highest BCUT2D eigenvalue weighted by Crippen LogP contribution is 2.20. The van der Waals surface area contributed by atoms with Gasteiger partial charge in [0.15, 0.2) is 6.10 Å². The van der Waals surface area contributed by atoms with Crippen molar-refractivity contribution < 1.29 is 18.4 Å². The molecule has 0 radical (unpaired) electrons. The third-order valence-electron chi connectivity index (χ3n) is 4.69. The standard InChI is InChI=1S/C23H27F2N3O2/c1-15-5-7-16(8-6-15)21-12-19(30-27-21)14-28(22(29)26-23(2,3)4)13-17-9-10-18(24)11-20(17)25/h5-11,19H,12-14H2,1-4H3,(H,26,29). The SMILES string of the molecule is Cc1ccc(C2=NOC(CN(Cc3ccc(F)cc3F)C(=O)NC(C)(C)C)C2)cc1. The number of nitrogens with one attached hydrogen (secondary N) is 1. The molecule has 0 saturated carbocycles. The first kappa shape index (κ1) is 21.7. The second-order valence-corrected chi connectivity index (χ2v) is 8.63. The number of benzene rings is 2.